The van der Waals surface area contributed by atoms with Gasteiger partial charge < -0.3 is 10.0 Å². The summed E-state index contributed by atoms with van der Waals surface area (Å²) in [6.45, 7) is 9.03. The number of carboxylic acids is 1. The molecule has 0 bridgehead atoms. The van der Waals surface area contributed by atoms with Crippen molar-refractivity contribution in [1.29, 1.82) is 0 Å². The normalized spacial score (nSPS) is 11.9. The Morgan fingerprint density at radius 2 is 0.750 bits per heavy atom. The summed E-state index contributed by atoms with van der Waals surface area (Å²) in [6.07, 6.45) is 0. The third kappa shape index (κ3) is 5.32. The Bertz CT molecular complexity index is 2080. The first-order chi connectivity index (χ1) is 23.2. The Hall–Kier alpha value is -5.67. The van der Waals surface area contributed by atoms with Gasteiger partial charge in [0.15, 0.2) is 0 Å². The highest BCUT2D eigenvalue weighted by molar-refractivity contribution is 6.23. The lowest BCUT2D eigenvalue weighted by Crippen LogP contribution is -2.20. The number of rotatable bonds is 8. The molecule has 0 saturated heterocycles. The molecular weight excluding hydrogens is 587 g/mol. The van der Waals surface area contributed by atoms with Crippen LogP contribution in [0.4, 0.5) is 17.1 Å². The predicted molar refractivity (Wildman–Crippen MR) is 200 cm³/mol. The van der Waals surface area contributed by atoms with Crippen LogP contribution in [0.25, 0.3) is 21.5 Å². The molecule has 0 saturated carbocycles. The van der Waals surface area contributed by atoms with E-state index in [-0.39, 0.29) is 10.8 Å². The van der Waals surface area contributed by atoms with Gasteiger partial charge in [0.25, 0.3) is 0 Å². The van der Waals surface area contributed by atoms with Crippen LogP contribution in [0.1, 0.15) is 60.3 Å². The Morgan fingerprint density at radius 3 is 1.10 bits per heavy atom. The van der Waals surface area contributed by atoms with Crippen LogP contribution in [0.5, 0.6) is 0 Å². The maximum Gasteiger partial charge on any atom is 0.336 e. The van der Waals surface area contributed by atoms with Crippen LogP contribution < -0.4 is 4.90 Å². The third-order valence-electron chi connectivity index (χ3n) is 10.0. The third-order valence-corrected chi connectivity index (χ3v) is 10.0. The predicted octanol–water partition coefficient (Wildman–Crippen LogP) is 11.8. The zero-order valence-corrected chi connectivity index (χ0v) is 27.8. The van der Waals surface area contributed by atoms with Crippen molar-refractivity contribution in [2.24, 2.45) is 0 Å². The topological polar surface area (TPSA) is 40.5 Å². The molecule has 0 aliphatic rings. The van der Waals surface area contributed by atoms with E-state index in [1.54, 1.807) is 0 Å². The molecule has 0 unspecified atom stereocenters. The molecule has 0 aromatic heterocycles. The van der Waals surface area contributed by atoms with Crippen molar-refractivity contribution >= 4 is 44.6 Å². The first-order valence-corrected chi connectivity index (χ1v) is 16.5. The van der Waals surface area contributed by atoms with Crippen LogP contribution >= 0.6 is 0 Å². The Morgan fingerprint density at radius 1 is 0.438 bits per heavy atom. The van der Waals surface area contributed by atoms with Crippen LogP contribution in [0.3, 0.4) is 0 Å². The molecule has 0 aliphatic carbocycles. The van der Waals surface area contributed by atoms with E-state index in [4.69, 9.17) is 0 Å². The number of nitrogens with zero attached hydrogens (tertiary/aromatic N) is 1. The maximum atomic E-state index is 12.7. The fourth-order valence-electron chi connectivity index (χ4n) is 7.08. The highest BCUT2D eigenvalue weighted by atomic mass is 16.4. The van der Waals surface area contributed by atoms with E-state index in [2.05, 4.69) is 142 Å². The van der Waals surface area contributed by atoms with Gasteiger partial charge in [0.05, 0.1) is 11.3 Å². The fraction of sp³-hybridized carbons (Fsp3) is 0.133. The molecular formula is C45H39NO2. The number of hydrogen-bond acceptors (Lipinski definition) is 2. The van der Waals surface area contributed by atoms with Gasteiger partial charge >= 0.3 is 5.97 Å². The van der Waals surface area contributed by atoms with Gasteiger partial charge in [0, 0.05) is 33.0 Å². The molecule has 3 nitrogen and oxygen atoms in total. The molecule has 7 aromatic carbocycles. The molecule has 0 fully saturated rings. The summed E-state index contributed by atoms with van der Waals surface area (Å²) in [6, 6.07) is 54.6. The van der Waals surface area contributed by atoms with Gasteiger partial charge in [-0.15, -0.1) is 0 Å². The highest BCUT2D eigenvalue weighted by Crippen LogP contribution is 2.46. The molecule has 1 N–H and O–H groups in total. The number of hydrogen-bond donors (Lipinski definition) is 1. The van der Waals surface area contributed by atoms with E-state index in [0.29, 0.717) is 16.3 Å². The molecule has 3 heteroatoms. The lowest BCUT2D eigenvalue weighted by Gasteiger charge is -2.31. The highest BCUT2D eigenvalue weighted by Gasteiger charge is 2.27. The molecule has 0 heterocycles. The standard InChI is InChI=1S/C45H39NO2/c1-44(2,31-15-7-5-8-16-31)33-23-27-35(28-24-33)46(36-29-25-34(26-30-36)45(3,4)32-17-9-6-10-18-32)42-39-21-13-11-19-37(39)41(43(47)48)38-20-12-14-22-40(38)42/h5-30H,1-4H3,(H,47,48). The molecule has 236 valence electrons. The lowest BCUT2D eigenvalue weighted by atomic mass is 9.78. The summed E-state index contributed by atoms with van der Waals surface area (Å²) >= 11 is 0. The zero-order chi connectivity index (χ0) is 33.5. The minimum absolute atomic E-state index is 0.183. The molecule has 7 aromatic rings. The molecule has 48 heavy (non-hydrogen) atoms. The second-order valence-electron chi connectivity index (χ2n) is 13.5. The summed E-state index contributed by atoms with van der Waals surface area (Å²) in [7, 11) is 0. The maximum absolute atomic E-state index is 12.7. The largest absolute Gasteiger partial charge is 0.478 e. The first-order valence-electron chi connectivity index (χ1n) is 16.5. The van der Waals surface area contributed by atoms with Gasteiger partial charge in [-0.3, -0.25) is 0 Å². The van der Waals surface area contributed by atoms with Crippen LogP contribution in [0, 0.1) is 0 Å². The second kappa shape index (κ2) is 12.2. The van der Waals surface area contributed by atoms with E-state index in [0.717, 1.165) is 27.8 Å². The van der Waals surface area contributed by atoms with Crippen molar-refractivity contribution in [3.05, 3.63) is 186 Å². The summed E-state index contributed by atoms with van der Waals surface area (Å²) in [5, 5.41) is 13.6. The van der Waals surface area contributed by atoms with Crippen LogP contribution in [-0.4, -0.2) is 11.1 Å². The smallest absolute Gasteiger partial charge is 0.336 e. The summed E-state index contributed by atoms with van der Waals surface area (Å²) in [5.41, 5.74) is 7.85. The summed E-state index contributed by atoms with van der Waals surface area (Å²) in [5.74, 6) is -0.930. The van der Waals surface area contributed by atoms with E-state index in [9.17, 15) is 9.90 Å². The molecule has 0 amide bonds. The SMILES string of the molecule is CC(C)(c1ccccc1)c1ccc(N(c2ccc(C(C)(C)c3ccccc3)cc2)c2c3ccccc3c(C(=O)O)c3ccccc23)cc1. The molecule has 0 aliphatic heterocycles. The minimum Gasteiger partial charge on any atom is -0.478 e. The van der Waals surface area contributed by atoms with E-state index >= 15 is 0 Å². The number of fused-ring (bicyclic) bond motifs is 2. The van der Waals surface area contributed by atoms with Crippen LogP contribution in [0.2, 0.25) is 0 Å². The lowest BCUT2D eigenvalue weighted by molar-refractivity contribution is 0.0701. The summed E-state index contributed by atoms with van der Waals surface area (Å²) in [4.78, 5) is 15.0. The molecule has 7 rings (SSSR count). The number of anilines is 3. The molecule has 0 radical (unpaired) electrons. The summed E-state index contributed by atoms with van der Waals surface area (Å²) < 4.78 is 0. The van der Waals surface area contributed by atoms with E-state index < -0.39 is 5.97 Å². The van der Waals surface area contributed by atoms with Crippen LogP contribution in [-0.2, 0) is 10.8 Å². The van der Waals surface area contributed by atoms with Crippen molar-refractivity contribution in [1.82, 2.24) is 0 Å². The van der Waals surface area contributed by atoms with Gasteiger partial charge in [0.2, 0.25) is 0 Å². The fourth-order valence-corrected chi connectivity index (χ4v) is 7.08. The number of aromatic carboxylic acids is 1. The van der Waals surface area contributed by atoms with Crippen molar-refractivity contribution in [2.75, 3.05) is 4.90 Å². The first kappa shape index (κ1) is 31.0. The second-order valence-corrected chi connectivity index (χ2v) is 13.5. The zero-order valence-electron chi connectivity index (χ0n) is 27.8. The minimum atomic E-state index is -0.930. The van der Waals surface area contributed by atoms with Crippen molar-refractivity contribution in [2.45, 2.75) is 38.5 Å². The van der Waals surface area contributed by atoms with Gasteiger partial charge in [-0.1, -0.05) is 161 Å². The quantitative estimate of drug-likeness (QED) is 0.171. The van der Waals surface area contributed by atoms with Crippen molar-refractivity contribution in [3.8, 4) is 0 Å². The van der Waals surface area contributed by atoms with Gasteiger partial charge in [0.1, 0.15) is 0 Å². The average molecular weight is 626 g/mol. The van der Waals surface area contributed by atoms with Crippen molar-refractivity contribution in [3.63, 3.8) is 0 Å². The Balaban J connectivity index is 1.45. The van der Waals surface area contributed by atoms with Gasteiger partial charge in [-0.2, -0.15) is 0 Å². The number of carboxylic acid groups (broad SMARTS) is 1. The number of carbonyl (C=O) groups is 1. The molecule has 0 spiro atoms. The number of benzene rings is 7. The monoisotopic (exact) mass is 625 g/mol. The molecule has 0 atom stereocenters. The Labute approximate surface area is 282 Å². The van der Waals surface area contributed by atoms with Crippen molar-refractivity contribution < 1.29 is 9.90 Å². The van der Waals surface area contributed by atoms with Crippen LogP contribution in [0.15, 0.2) is 158 Å². The average Bonchev–Trinajstić information content (AvgIpc) is 3.12. The Kier molecular flexibility index (Phi) is 7.85. The van der Waals surface area contributed by atoms with Gasteiger partial charge in [-0.05, 0) is 57.3 Å². The van der Waals surface area contributed by atoms with Gasteiger partial charge in [-0.25, -0.2) is 4.79 Å². The van der Waals surface area contributed by atoms with E-state index in [1.165, 1.54) is 22.3 Å². The van der Waals surface area contributed by atoms with E-state index in [1.807, 2.05) is 48.5 Å².